The molecule has 35 heavy (non-hydrogen) atoms. The van der Waals surface area contributed by atoms with Crippen LogP contribution >= 0.6 is 0 Å². The highest BCUT2D eigenvalue weighted by atomic mass is 16.5. The van der Waals surface area contributed by atoms with E-state index in [4.69, 9.17) is 4.74 Å². The average molecular weight is 467 g/mol. The van der Waals surface area contributed by atoms with E-state index < -0.39 is 0 Å². The van der Waals surface area contributed by atoms with Gasteiger partial charge in [0.25, 0.3) is 5.91 Å². The molecule has 0 aromatic heterocycles. The van der Waals surface area contributed by atoms with Gasteiger partial charge in [0.15, 0.2) is 0 Å². The number of nitrogens with one attached hydrogen (secondary N) is 1. The number of hydrogen-bond acceptors (Lipinski definition) is 4. The zero-order chi connectivity index (χ0) is 24.5. The minimum Gasteiger partial charge on any atom is -0.457 e. The Morgan fingerprint density at radius 1 is 0.886 bits per heavy atom. The molecule has 1 aliphatic carbocycles. The standard InChI is InChI=1S/C29H26N2O4/c1-18-7-16-24-25(17-18)29(34)31(28(24)33)22-12-8-20(9-13-22)27(32)30-21-10-14-23(15-11-21)35-26-6-4-3-5-19(26)2/h3-15,24-25H,16-17H2,1-2H3,(H,30,32)/t24-,25+/m1/s1. The first-order valence-electron chi connectivity index (χ1n) is 11.7. The maximum Gasteiger partial charge on any atom is 0.255 e. The summed E-state index contributed by atoms with van der Waals surface area (Å²) in [6.45, 7) is 3.98. The Labute approximate surface area is 204 Å². The predicted molar refractivity (Wildman–Crippen MR) is 135 cm³/mol. The van der Waals surface area contributed by atoms with E-state index in [2.05, 4.69) is 5.32 Å². The second-order valence-electron chi connectivity index (χ2n) is 9.11. The number of ether oxygens (including phenoxy) is 1. The van der Waals surface area contributed by atoms with E-state index in [0.29, 0.717) is 35.5 Å². The number of imide groups is 1. The van der Waals surface area contributed by atoms with Crippen LogP contribution in [0.25, 0.3) is 0 Å². The molecule has 0 saturated carbocycles. The molecule has 176 valence electrons. The molecule has 3 aromatic carbocycles. The SMILES string of the molecule is CC1=CC[C@H]2C(=O)N(c3ccc(C(=O)Nc4ccc(Oc5ccccc5C)cc4)cc3)C(=O)[C@H]2C1. The summed E-state index contributed by atoms with van der Waals surface area (Å²) >= 11 is 0. The fourth-order valence-electron chi connectivity index (χ4n) is 4.66. The summed E-state index contributed by atoms with van der Waals surface area (Å²) in [5.41, 5.74) is 3.75. The molecule has 0 spiro atoms. The van der Waals surface area contributed by atoms with E-state index in [1.807, 2.05) is 44.2 Å². The number of carbonyl (C=O) groups is 3. The van der Waals surface area contributed by atoms with Crippen molar-refractivity contribution in [1.29, 1.82) is 0 Å². The Morgan fingerprint density at radius 3 is 2.29 bits per heavy atom. The molecular formula is C29H26N2O4. The Hall–Kier alpha value is -4.19. The van der Waals surface area contributed by atoms with Crippen molar-refractivity contribution in [2.75, 3.05) is 10.2 Å². The first-order valence-corrected chi connectivity index (χ1v) is 11.7. The minimum absolute atomic E-state index is 0.155. The third-order valence-electron chi connectivity index (χ3n) is 6.64. The largest absolute Gasteiger partial charge is 0.457 e. The Bertz CT molecular complexity index is 1330. The molecule has 5 rings (SSSR count). The minimum atomic E-state index is -0.285. The van der Waals surface area contributed by atoms with Crippen LogP contribution in [-0.2, 0) is 9.59 Å². The van der Waals surface area contributed by atoms with Gasteiger partial charge in [-0.25, -0.2) is 0 Å². The van der Waals surface area contributed by atoms with Gasteiger partial charge in [0.1, 0.15) is 11.5 Å². The van der Waals surface area contributed by atoms with Crippen LogP contribution in [0.3, 0.4) is 0 Å². The van der Waals surface area contributed by atoms with Crippen LogP contribution in [0.4, 0.5) is 11.4 Å². The van der Waals surface area contributed by atoms with Crippen LogP contribution < -0.4 is 15.0 Å². The number of carbonyl (C=O) groups excluding carboxylic acids is 3. The third kappa shape index (κ3) is 4.47. The highest BCUT2D eigenvalue weighted by Crippen LogP contribution is 2.39. The van der Waals surface area contributed by atoms with Gasteiger partial charge in [-0.15, -0.1) is 0 Å². The highest BCUT2D eigenvalue weighted by Gasteiger charge is 2.48. The van der Waals surface area contributed by atoms with E-state index in [-0.39, 0.29) is 29.6 Å². The molecule has 0 bridgehead atoms. The van der Waals surface area contributed by atoms with Gasteiger partial charge >= 0.3 is 0 Å². The van der Waals surface area contributed by atoms with E-state index in [0.717, 1.165) is 16.9 Å². The second kappa shape index (κ2) is 9.22. The number of amides is 3. The van der Waals surface area contributed by atoms with Gasteiger partial charge in [-0.3, -0.25) is 19.3 Å². The zero-order valence-corrected chi connectivity index (χ0v) is 19.7. The lowest BCUT2D eigenvalue weighted by Gasteiger charge is -2.18. The average Bonchev–Trinajstić information content (AvgIpc) is 3.11. The van der Waals surface area contributed by atoms with Crippen molar-refractivity contribution in [2.24, 2.45) is 11.8 Å². The molecule has 0 radical (unpaired) electrons. The van der Waals surface area contributed by atoms with Crippen LogP contribution in [0.5, 0.6) is 11.5 Å². The highest BCUT2D eigenvalue weighted by molar-refractivity contribution is 6.22. The summed E-state index contributed by atoms with van der Waals surface area (Å²) in [4.78, 5) is 39.8. The molecule has 3 amide bonds. The molecule has 1 fully saturated rings. The molecule has 2 atom stereocenters. The summed E-state index contributed by atoms with van der Waals surface area (Å²) in [5.74, 6) is 0.293. The van der Waals surface area contributed by atoms with Gasteiger partial charge in [-0.05, 0) is 86.8 Å². The van der Waals surface area contributed by atoms with Crippen molar-refractivity contribution in [3.8, 4) is 11.5 Å². The number of anilines is 2. The molecule has 1 saturated heterocycles. The molecular weight excluding hydrogens is 440 g/mol. The van der Waals surface area contributed by atoms with E-state index >= 15 is 0 Å². The fraction of sp³-hybridized carbons (Fsp3) is 0.207. The molecule has 1 aliphatic heterocycles. The molecule has 0 unspecified atom stereocenters. The second-order valence-corrected chi connectivity index (χ2v) is 9.11. The quantitative estimate of drug-likeness (QED) is 0.376. The molecule has 1 heterocycles. The number of aryl methyl sites for hydroxylation is 1. The van der Waals surface area contributed by atoms with Gasteiger partial charge in [-0.2, -0.15) is 0 Å². The first kappa shape index (κ1) is 22.6. The number of benzene rings is 3. The van der Waals surface area contributed by atoms with Crippen molar-refractivity contribution in [2.45, 2.75) is 26.7 Å². The lowest BCUT2D eigenvalue weighted by molar-refractivity contribution is -0.122. The van der Waals surface area contributed by atoms with E-state index in [1.54, 1.807) is 48.5 Å². The Balaban J connectivity index is 1.24. The lowest BCUT2D eigenvalue weighted by atomic mass is 9.82. The van der Waals surface area contributed by atoms with Gasteiger partial charge in [0.2, 0.25) is 11.8 Å². The number of hydrogen-bond donors (Lipinski definition) is 1. The summed E-state index contributed by atoms with van der Waals surface area (Å²) in [5, 5.41) is 2.86. The number of nitrogens with zero attached hydrogens (tertiary/aromatic N) is 1. The number of para-hydroxylation sites is 1. The monoisotopic (exact) mass is 466 g/mol. The van der Waals surface area contributed by atoms with Crippen molar-refractivity contribution >= 4 is 29.1 Å². The van der Waals surface area contributed by atoms with Crippen LogP contribution in [0, 0.1) is 18.8 Å². The smallest absolute Gasteiger partial charge is 0.255 e. The molecule has 6 heteroatoms. The summed E-state index contributed by atoms with van der Waals surface area (Å²) < 4.78 is 5.90. The number of allylic oxidation sites excluding steroid dienone is 2. The molecule has 2 aliphatic rings. The van der Waals surface area contributed by atoms with Gasteiger partial charge in [-0.1, -0.05) is 29.8 Å². The summed E-state index contributed by atoms with van der Waals surface area (Å²) in [6, 6.07) is 21.5. The van der Waals surface area contributed by atoms with Crippen molar-refractivity contribution in [3.05, 3.63) is 95.6 Å². The molecule has 1 N–H and O–H groups in total. The molecule has 3 aromatic rings. The fourth-order valence-corrected chi connectivity index (χ4v) is 4.66. The summed E-state index contributed by atoms with van der Waals surface area (Å²) in [6.07, 6.45) is 3.28. The van der Waals surface area contributed by atoms with Crippen molar-refractivity contribution in [1.82, 2.24) is 0 Å². The zero-order valence-electron chi connectivity index (χ0n) is 19.7. The van der Waals surface area contributed by atoms with E-state index in [1.165, 1.54) is 4.90 Å². The van der Waals surface area contributed by atoms with E-state index in [9.17, 15) is 14.4 Å². The number of fused-ring (bicyclic) bond motifs is 1. The number of rotatable bonds is 5. The van der Waals surface area contributed by atoms with Crippen LogP contribution in [-0.4, -0.2) is 17.7 Å². The van der Waals surface area contributed by atoms with Gasteiger partial charge in [0.05, 0.1) is 17.5 Å². The van der Waals surface area contributed by atoms with Gasteiger partial charge in [0, 0.05) is 11.3 Å². The van der Waals surface area contributed by atoms with Crippen LogP contribution in [0.2, 0.25) is 0 Å². The predicted octanol–water partition coefficient (Wildman–Crippen LogP) is 5.89. The third-order valence-corrected chi connectivity index (χ3v) is 6.64. The Morgan fingerprint density at radius 2 is 1.57 bits per heavy atom. The van der Waals surface area contributed by atoms with Crippen molar-refractivity contribution in [3.63, 3.8) is 0 Å². The molecule has 6 nitrogen and oxygen atoms in total. The normalized spacial score (nSPS) is 19.3. The summed E-state index contributed by atoms with van der Waals surface area (Å²) in [7, 11) is 0. The lowest BCUT2D eigenvalue weighted by Crippen LogP contribution is -2.30. The van der Waals surface area contributed by atoms with Gasteiger partial charge < -0.3 is 10.1 Å². The maximum atomic E-state index is 12.9. The van der Waals surface area contributed by atoms with Crippen molar-refractivity contribution < 1.29 is 19.1 Å². The first-order chi connectivity index (χ1) is 16.9. The van der Waals surface area contributed by atoms with Crippen LogP contribution in [0.15, 0.2) is 84.4 Å². The Kier molecular flexibility index (Phi) is 5.95. The van der Waals surface area contributed by atoms with Crippen LogP contribution in [0.1, 0.15) is 35.7 Å². The maximum absolute atomic E-state index is 12.9. The topological polar surface area (TPSA) is 75.7 Å².